The summed E-state index contributed by atoms with van der Waals surface area (Å²) in [5, 5.41) is 2.76. The largest absolute Gasteiger partial charge is 0.397 e. The maximum absolute atomic E-state index is 12.2. The van der Waals surface area contributed by atoms with Crippen molar-refractivity contribution in [2.45, 2.75) is 13.8 Å². The normalized spacial score (nSPS) is 10.3. The molecule has 19 heavy (non-hydrogen) atoms. The summed E-state index contributed by atoms with van der Waals surface area (Å²) in [6, 6.07) is 7.39. The molecule has 1 aromatic heterocycles. The minimum Gasteiger partial charge on any atom is -0.397 e. The predicted octanol–water partition coefficient (Wildman–Crippen LogP) is 3.30. The second kappa shape index (κ2) is 5.40. The van der Waals surface area contributed by atoms with Crippen LogP contribution in [0.5, 0.6) is 0 Å². The molecule has 1 heterocycles. The molecule has 3 N–H and O–H groups in total. The minimum absolute atomic E-state index is 0.185. The van der Waals surface area contributed by atoms with Crippen molar-refractivity contribution in [3.63, 3.8) is 0 Å². The van der Waals surface area contributed by atoms with Crippen LogP contribution in [0.25, 0.3) is 0 Å². The SMILES string of the molecule is Cc1ccc(C(=O)Nc2ncc(N)cc2Br)c(C)c1. The molecule has 0 saturated heterocycles. The van der Waals surface area contributed by atoms with Crippen LogP contribution in [0.15, 0.2) is 34.9 Å². The first kappa shape index (κ1) is 13.5. The van der Waals surface area contributed by atoms with Crippen molar-refractivity contribution in [2.24, 2.45) is 0 Å². The van der Waals surface area contributed by atoms with E-state index in [0.29, 0.717) is 21.5 Å². The van der Waals surface area contributed by atoms with E-state index in [1.807, 2.05) is 32.0 Å². The number of carbonyl (C=O) groups is 1. The molecule has 0 radical (unpaired) electrons. The average Bonchev–Trinajstić information content (AvgIpc) is 2.32. The molecule has 5 heteroatoms. The number of benzene rings is 1. The van der Waals surface area contributed by atoms with Crippen LogP contribution in [0.1, 0.15) is 21.5 Å². The molecule has 0 aliphatic rings. The summed E-state index contributed by atoms with van der Waals surface area (Å²) < 4.78 is 0.658. The Labute approximate surface area is 120 Å². The van der Waals surface area contributed by atoms with Crippen molar-refractivity contribution >= 4 is 33.3 Å². The van der Waals surface area contributed by atoms with Gasteiger partial charge in [0.05, 0.1) is 16.4 Å². The zero-order valence-corrected chi connectivity index (χ0v) is 12.3. The molecule has 0 fully saturated rings. The molecule has 0 spiro atoms. The van der Waals surface area contributed by atoms with Gasteiger partial charge in [-0.3, -0.25) is 4.79 Å². The number of halogens is 1. The number of nitrogens with two attached hydrogens (primary N) is 1. The molecule has 0 saturated carbocycles. The molecule has 0 aliphatic heterocycles. The van der Waals surface area contributed by atoms with E-state index in [0.717, 1.165) is 11.1 Å². The van der Waals surface area contributed by atoms with Gasteiger partial charge in [0, 0.05) is 5.56 Å². The molecule has 0 unspecified atom stereocenters. The highest BCUT2D eigenvalue weighted by molar-refractivity contribution is 9.10. The Morgan fingerprint density at radius 2 is 2.05 bits per heavy atom. The molecule has 0 atom stereocenters. The Morgan fingerprint density at radius 3 is 2.68 bits per heavy atom. The Morgan fingerprint density at radius 1 is 1.32 bits per heavy atom. The van der Waals surface area contributed by atoms with Gasteiger partial charge in [-0.1, -0.05) is 17.7 Å². The number of nitrogens with zero attached hydrogens (tertiary/aromatic N) is 1. The summed E-state index contributed by atoms with van der Waals surface area (Å²) in [7, 11) is 0. The van der Waals surface area contributed by atoms with E-state index in [4.69, 9.17) is 5.73 Å². The van der Waals surface area contributed by atoms with Crippen LogP contribution < -0.4 is 11.1 Å². The maximum Gasteiger partial charge on any atom is 0.257 e. The van der Waals surface area contributed by atoms with E-state index in [2.05, 4.69) is 26.2 Å². The van der Waals surface area contributed by atoms with Crippen LogP contribution in [0.2, 0.25) is 0 Å². The molecule has 2 aromatic rings. The lowest BCUT2D eigenvalue weighted by Gasteiger charge is -2.09. The number of nitrogen functional groups attached to an aromatic ring is 1. The molecule has 98 valence electrons. The summed E-state index contributed by atoms with van der Waals surface area (Å²) in [6.45, 7) is 3.90. The number of aryl methyl sites for hydroxylation is 2. The number of amides is 1. The number of nitrogens with one attached hydrogen (secondary N) is 1. The van der Waals surface area contributed by atoms with Gasteiger partial charge < -0.3 is 11.1 Å². The lowest BCUT2D eigenvalue weighted by Crippen LogP contribution is -2.15. The second-order valence-electron chi connectivity index (χ2n) is 4.37. The Bertz CT molecular complexity index is 641. The highest BCUT2D eigenvalue weighted by Crippen LogP contribution is 2.22. The smallest absolute Gasteiger partial charge is 0.257 e. The van der Waals surface area contributed by atoms with Crippen LogP contribution in [0.4, 0.5) is 11.5 Å². The van der Waals surface area contributed by atoms with Crippen molar-refractivity contribution in [3.05, 3.63) is 51.6 Å². The molecule has 1 aromatic carbocycles. The Kier molecular flexibility index (Phi) is 3.85. The van der Waals surface area contributed by atoms with Gasteiger partial charge >= 0.3 is 0 Å². The topological polar surface area (TPSA) is 68.0 Å². The zero-order chi connectivity index (χ0) is 14.0. The van der Waals surface area contributed by atoms with Gasteiger partial charge in [-0.15, -0.1) is 0 Å². The van der Waals surface area contributed by atoms with Crippen LogP contribution in [0.3, 0.4) is 0 Å². The van der Waals surface area contributed by atoms with Crippen molar-refractivity contribution in [3.8, 4) is 0 Å². The lowest BCUT2D eigenvalue weighted by molar-refractivity contribution is 0.102. The molecule has 2 rings (SSSR count). The Hall–Kier alpha value is -1.88. The van der Waals surface area contributed by atoms with Crippen LogP contribution in [-0.2, 0) is 0 Å². The van der Waals surface area contributed by atoms with Gasteiger partial charge in [0.1, 0.15) is 5.82 Å². The van der Waals surface area contributed by atoms with Crippen molar-refractivity contribution in [1.82, 2.24) is 4.98 Å². The first-order valence-electron chi connectivity index (χ1n) is 5.77. The number of rotatable bonds is 2. The number of hydrogen-bond donors (Lipinski definition) is 2. The standard InChI is InChI=1S/C14H14BrN3O/c1-8-3-4-11(9(2)5-8)14(19)18-13-12(15)6-10(16)7-17-13/h3-7H,16H2,1-2H3,(H,17,18,19). The zero-order valence-electron chi connectivity index (χ0n) is 10.7. The number of aromatic nitrogens is 1. The molecular weight excluding hydrogens is 306 g/mol. The van der Waals surface area contributed by atoms with Gasteiger partial charge in [0.15, 0.2) is 0 Å². The average molecular weight is 320 g/mol. The highest BCUT2D eigenvalue weighted by Gasteiger charge is 2.11. The highest BCUT2D eigenvalue weighted by atomic mass is 79.9. The summed E-state index contributed by atoms with van der Waals surface area (Å²) >= 11 is 3.32. The van der Waals surface area contributed by atoms with Gasteiger partial charge in [0.2, 0.25) is 0 Å². The first-order chi connectivity index (χ1) is 8.97. The molecule has 0 aliphatic carbocycles. The van der Waals surface area contributed by atoms with E-state index >= 15 is 0 Å². The van der Waals surface area contributed by atoms with Crippen LogP contribution in [-0.4, -0.2) is 10.9 Å². The third-order valence-electron chi connectivity index (χ3n) is 2.72. The van der Waals surface area contributed by atoms with Crippen molar-refractivity contribution in [1.29, 1.82) is 0 Å². The summed E-state index contributed by atoms with van der Waals surface area (Å²) in [5.41, 5.74) is 8.84. The van der Waals surface area contributed by atoms with Gasteiger partial charge in [-0.05, 0) is 47.5 Å². The van der Waals surface area contributed by atoms with Gasteiger partial charge in [-0.25, -0.2) is 4.98 Å². The van der Waals surface area contributed by atoms with E-state index in [-0.39, 0.29) is 5.91 Å². The molecule has 1 amide bonds. The van der Waals surface area contributed by atoms with E-state index in [1.54, 1.807) is 6.07 Å². The van der Waals surface area contributed by atoms with Gasteiger partial charge in [0.25, 0.3) is 5.91 Å². The predicted molar refractivity (Wildman–Crippen MR) is 80.2 cm³/mol. The summed E-state index contributed by atoms with van der Waals surface area (Å²) in [5.74, 6) is 0.273. The Balaban J connectivity index is 2.25. The third kappa shape index (κ3) is 3.12. The fraction of sp³-hybridized carbons (Fsp3) is 0.143. The summed E-state index contributed by atoms with van der Waals surface area (Å²) in [4.78, 5) is 16.3. The number of carbonyl (C=O) groups excluding carboxylic acids is 1. The van der Waals surface area contributed by atoms with E-state index < -0.39 is 0 Å². The lowest BCUT2D eigenvalue weighted by atomic mass is 10.1. The van der Waals surface area contributed by atoms with Crippen molar-refractivity contribution in [2.75, 3.05) is 11.1 Å². The minimum atomic E-state index is -0.185. The fourth-order valence-corrected chi connectivity index (χ4v) is 2.25. The summed E-state index contributed by atoms with van der Waals surface area (Å²) in [6.07, 6.45) is 1.50. The van der Waals surface area contributed by atoms with Gasteiger partial charge in [-0.2, -0.15) is 0 Å². The molecule has 4 nitrogen and oxygen atoms in total. The number of anilines is 2. The van der Waals surface area contributed by atoms with E-state index in [1.165, 1.54) is 6.20 Å². The molecular formula is C14H14BrN3O. The molecule has 0 bridgehead atoms. The van der Waals surface area contributed by atoms with Crippen LogP contribution >= 0.6 is 15.9 Å². The third-order valence-corrected chi connectivity index (χ3v) is 3.33. The van der Waals surface area contributed by atoms with Crippen molar-refractivity contribution < 1.29 is 4.79 Å². The van der Waals surface area contributed by atoms with Crippen LogP contribution in [0, 0.1) is 13.8 Å². The second-order valence-corrected chi connectivity index (χ2v) is 5.23. The number of hydrogen-bond acceptors (Lipinski definition) is 3. The monoisotopic (exact) mass is 319 g/mol. The fourth-order valence-electron chi connectivity index (χ4n) is 1.79. The number of pyridine rings is 1. The van der Waals surface area contributed by atoms with E-state index in [9.17, 15) is 4.79 Å². The quantitative estimate of drug-likeness (QED) is 0.892. The first-order valence-corrected chi connectivity index (χ1v) is 6.56. The maximum atomic E-state index is 12.2.